The molecule has 0 radical (unpaired) electrons. The molecule has 9 heteroatoms. The molecule has 0 aromatic heterocycles. The second kappa shape index (κ2) is 14.8. The maximum absolute atomic E-state index is 13.8. The van der Waals surface area contributed by atoms with Crippen LogP contribution in [0.5, 0.6) is 0 Å². The number of hydrogen-bond acceptors (Lipinski definition) is 4. The summed E-state index contributed by atoms with van der Waals surface area (Å²) in [5.41, 5.74) is 2.97. The molecule has 7 nitrogen and oxygen atoms in total. The predicted octanol–water partition coefficient (Wildman–Crippen LogP) is 5.24. The Hall–Kier alpha value is -3.72. The molecule has 0 saturated heterocycles. The van der Waals surface area contributed by atoms with Crippen LogP contribution in [0.1, 0.15) is 49.8 Å². The molecule has 0 spiro atoms. The molecule has 3 rings (SSSR count). The number of anilines is 1. The highest BCUT2D eigenvalue weighted by atomic mass is 32.2. The van der Waals surface area contributed by atoms with Crippen molar-refractivity contribution in [1.29, 1.82) is 0 Å². The molecule has 0 aliphatic rings. The van der Waals surface area contributed by atoms with Gasteiger partial charge in [0.2, 0.25) is 21.8 Å². The van der Waals surface area contributed by atoms with Crippen molar-refractivity contribution in [1.82, 2.24) is 10.2 Å². The van der Waals surface area contributed by atoms with Crippen LogP contribution in [-0.4, -0.2) is 50.0 Å². The van der Waals surface area contributed by atoms with Gasteiger partial charge in [-0.2, -0.15) is 0 Å². The Kier molecular flexibility index (Phi) is 11.5. The topological polar surface area (TPSA) is 86.8 Å². The van der Waals surface area contributed by atoms with Gasteiger partial charge in [0, 0.05) is 32.0 Å². The maximum Gasteiger partial charge on any atom is 0.243 e. The van der Waals surface area contributed by atoms with Crippen molar-refractivity contribution in [3.8, 4) is 0 Å². The third kappa shape index (κ3) is 9.42. The largest absolute Gasteiger partial charge is 0.352 e. The van der Waals surface area contributed by atoms with Gasteiger partial charge in [-0.05, 0) is 61.6 Å². The zero-order valence-electron chi connectivity index (χ0n) is 24.2. The Morgan fingerprint density at radius 2 is 1.56 bits per heavy atom. The SMILES string of the molecule is CCC(C)NC(=O)C(Cc1ccccc1)N(Cc1ccc(F)cc1)C(=O)CCCN(c1ccccc1C)S(C)(=O)=O. The summed E-state index contributed by atoms with van der Waals surface area (Å²) in [7, 11) is -3.59. The average molecular weight is 582 g/mol. The molecule has 1 N–H and O–H groups in total. The predicted molar refractivity (Wildman–Crippen MR) is 161 cm³/mol. The standard InChI is InChI=1S/C32H40FN3O4S/c1-5-25(3)34-32(38)30(22-26-13-7-6-8-14-26)35(23-27-17-19-28(33)20-18-27)31(37)16-11-21-36(41(4,39)40)29-15-10-9-12-24(29)2/h6-10,12-15,17-20,25,30H,5,11,16,21-23H2,1-4H3,(H,34,38). The second-order valence-corrected chi connectivity index (χ2v) is 12.3. The third-order valence-corrected chi connectivity index (χ3v) is 8.25. The molecule has 0 saturated carbocycles. The monoisotopic (exact) mass is 581 g/mol. The van der Waals surface area contributed by atoms with Gasteiger partial charge in [-0.25, -0.2) is 12.8 Å². The summed E-state index contributed by atoms with van der Waals surface area (Å²) < 4.78 is 40.2. The van der Waals surface area contributed by atoms with Crippen molar-refractivity contribution in [2.75, 3.05) is 17.1 Å². The second-order valence-electron chi connectivity index (χ2n) is 10.4. The number of para-hydroxylation sites is 1. The van der Waals surface area contributed by atoms with Crippen LogP contribution in [0.15, 0.2) is 78.9 Å². The van der Waals surface area contributed by atoms with Crippen LogP contribution < -0.4 is 9.62 Å². The molecule has 2 atom stereocenters. The molecule has 0 aliphatic carbocycles. The molecule has 0 bridgehead atoms. The summed E-state index contributed by atoms with van der Waals surface area (Å²) in [5.74, 6) is -0.942. The number of carbonyl (C=O) groups is 2. The Bertz CT molecular complexity index is 1400. The third-order valence-electron chi connectivity index (χ3n) is 7.07. The van der Waals surface area contributed by atoms with E-state index in [1.807, 2.05) is 63.2 Å². The quantitative estimate of drug-likeness (QED) is 0.282. The van der Waals surface area contributed by atoms with E-state index in [4.69, 9.17) is 0 Å². The Balaban J connectivity index is 1.89. The highest BCUT2D eigenvalue weighted by molar-refractivity contribution is 7.92. The molecule has 0 fully saturated rings. The van der Waals surface area contributed by atoms with Gasteiger partial charge in [-0.3, -0.25) is 13.9 Å². The fourth-order valence-electron chi connectivity index (χ4n) is 4.61. The molecule has 0 aliphatic heterocycles. The van der Waals surface area contributed by atoms with Crippen LogP contribution in [-0.2, 0) is 32.6 Å². The van der Waals surface area contributed by atoms with Crippen LogP contribution in [0, 0.1) is 12.7 Å². The molecule has 220 valence electrons. The smallest absolute Gasteiger partial charge is 0.243 e. The van der Waals surface area contributed by atoms with Crippen LogP contribution in [0.25, 0.3) is 0 Å². The van der Waals surface area contributed by atoms with E-state index < -0.39 is 16.1 Å². The van der Waals surface area contributed by atoms with Crippen molar-refractivity contribution >= 4 is 27.5 Å². The van der Waals surface area contributed by atoms with Crippen molar-refractivity contribution in [3.63, 3.8) is 0 Å². The number of benzene rings is 3. The molecule has 0 heterocycles. The van der Waals surface area contributed by atoms with E-state index in [9.17, 15) is 22.4 Å². The van der Waals surface area contributed by atoms with E-state index in [2.05, 4.69) is 5.32 Å². The van der Waals surface area contributed by atoms with Gasteiger partial charge in [0.05, 0.1) is 11.9 Å². The zero-order valence-corrected chi connectivity index (χ0v) is 25.0. The molecule has 41 heavy (non-hydrogen) atoms. The Morgan fingerprint density at radius 3 is 2.17 bits per heavy atom. The minimum atomic E-state index is -3.59. The number of halogens is 1. The van der Waals surface area contributed by atoms with E-state index >= 15 is 0 Å². The van der Waals surface area contributed by atoms with Crippen molar-refractivity contribution in [2.45, 2.75) is 65.1 Å². The summed E-state index contributed by atoms with van der Waals surface area (Å²) in [6, 6.07) is 21.7. The van der Waals surface area contributed by atoms with Crippen molar-refractivity contribution < 1.29 is 22.4 Å². The fourth-order valence-corrected chi connectivity index (χ4v) is 5.63. The molecular weight excluding hydrogens is 541 g/mol. The number of rotatable bonds is 14. The van der Waals surface area contributed by atoms with Crippen LogP contribution >= 0.6 is 0 Å². The van der Waals surface area contributed by atoms with Gasteiger partial charge in [-0.15, -0.1) is 0 Å². The first-order valence-corrected chi connectivity index (χ1v) is 15.8. The highest BCUT2D eigenvalue weighted by Gasteiger charge is 2.31. The lowest BCUT2D eigenvalue weighted by atomic mass is 10.0. The molecular formula is C32H40FN3O4S. The number of nitrogens with zero attached hydrogens (tertiary/aromatic N) is 2. The van der Waals surface area contributed by atoms with Crippen LogP contribution in [0.2, 0.25) is 0 Å². The lowest BCUT2D eigenvalue weighted by molar-refractivity contribution is -0.141. The highest BCUT2D eigenvalue weighted by Crippen LogP contribution is 2.23. The number of nitrogens with one attached hydrogen (secondary N) is 1. The Labute approximate surface area is 243 Å². The van der Waals surface area contributed by atoms with Crippen LogP contribution in [0.3, 0.4) is 0 Å². The Morgan fingerprint density at radius 1 is 0.927 bits per heavy atom. The van der Waals surface area contributed by atoms with E-state index in [-0.39, 0.29) is 49.6 Å². The average Bonchev–Trinajstić information content (AvgIpc) is 2.94. The minimum absolute atomic E-state index is 0.0288. The number of amides is 2. The van der Waals surface area contributed by atoms with Gasteiger partial charge in [0.1, 0.15) is 11.9 Å². The first kappa shape index (κ1) is 31.8. The lowest BCUT2D eigenvalue weighted by Gasteiger charge is -2.33. The van der Waals surface area contributed by atoms with E-state index in [0.29, 0.717) is 17.7 Å². The lowest BCUT2D eigenvalue weighted by Crippen LogP contribution is -2.52. The molecule has 2 amide bonds. The van der Waals surface area contributed by atoms with Gasteiger partial charge in [-0.1, -0.05) is 67.6 Å². The van der Waals surface area contributed by atoms with E-state index in [0.717, 1.165) is 23.8 Å². The van der Waals surface area contributed by atoms with Crippen LogP contribution in [0.4, 0.5) is 10.1 Å². The van der Waals surface area contributed by atoms with Crippen molar-refractivity contribution in [2.24, 2.45) is 0 Å². The van der Waals surface area contributed by atoms with Gasteiger partial charge in [0.25, 0.3) is 0 Å². The maximum atomic E-state index is 13.8. The fraction of sp³-hybridized carbons (Fsp3) is 0.375. The normalized spacial score (nSPS) is 12.8. The van der Waals surface area contributed by atoms with Gasteiger partial charge < -0.3 is 10.2 Å². The minimum Gasteiger partial charge on any atom is -0.352 e. The number of hydrogen-bond donors (Lipinski definition) is 1. The van der Waals surface area contributed by atoms with Gasteiger partial charge in [0.15, 0.2) is 0 Å². The number of sulfonamides is 1. The summed E-state index contributed by atoms with van der Waals surface area (Å²) in [4.78, 5) is 29.0. The zero-order chi connectivity index (χ0) is 30.0. The van der Waals surface area contributed by atoms with E-state index in [1.54, 1.807) is 24.3 Å². The first-order chi connectivity index (χ1) is 19.5. The van der Waals surface area contributed by atoms with Gasteiger partial charge >= 0.3 is 0 Å². The molecule has 3 aromatic rings. The van der Waals surface area contributed by atoms with E-state index in [1.165, 1.54) is 21.3 Å². The number of carbonyl (C=O) groups excluding carboxylic acids is 2. The molecule has 2 unspecified atom stereocenters. The molecule has 3 aromatic carbocycles. The first-order valence-electron chi connectivity index (χ1n) is 13.9. The number of aryl methyl sites for hydroxylation is 1. The summed E-state index contributed by atoms with van der Waals surface area (Å²) in [6.07, 6.45) is 2.47. The summed E-state index contributed by atoms with van der Waals surface area (Å²) >= 11 is 0. The van der Waals surface area contributed by atoms with Crippen molar-refractivity contribution in [3.05, 3.63) is 101 Å². The summed E-state index contributed by atoms with van der Waals surface area (Å²) in [5, 5.41) is 3.02. The summed E-state index contributed by atoms with van der Waals surface area (Å²) in [6.45, 7) is 5.95.